The van der Waals surface area contributed by atoms with E-state index in [4.69, 9.17) is 37.4 Å². The monoisotopic (exact) mass is 503 g/mol. The summed E-state index contributed by atoms with van der Waals surface area (Å²) in [5, 5.41) is 1.01. The van der Waals surface area contributed by atoms with Gasteiger partial charge in [-0.3, -0.25) is 4.90 Å². The minimum Gasteiger partial charge on any atom is -0.492 e. The summed E-state index contributed by atoms with van der Waals surface area (Å²) in [6.45, 7) is 6.68. The third-order valence-corrected chi connectivity index (χ3v) is 7.19. The Kier molecular flexibility index (Phi) is 8.37. The standard InChI is InChI=1S/C26H31Cl2N3O3/c1-20-29-11-14-31(20)15-16-33-22-5-3-21(4-6-22)18-30-12-9-26(32-2,10-13-30)19-34-23-7-8-24(27)25(28)17-23/h3-8,11,14,17H,9-10,12-13,15-16,18-19H2,1-2H3. The Bertz CT molecular complexity index is 1060. The molecule has 8 heteroatoms. The van der Waals surface area contributed by atoms with Crippen LogP contribution < -0.4 is 9.47 Å². The first-order chi connectivity index (χ1) is 16.5. The zero-order valence-corrected chi connectivity index (χ0v) is 21.2. The number of aromatic nitrogens is 2. The summed E-state index contributed by atoms with van der Waals surface area (Å²) in [5.41, 5.74) is 0.975. The molecule has 1 aliphatic rings. The summed E-state index contributed by atoms with van der Waals surface area (Å²) in [6.07, 6.45) is 5.58. The van der Waals surface area contributed by atoms with Crippen LogP contribution >= 0.6 is 23.2 Å². The number of halogens is 2. The van der Waals surface area contributed by atoms with Crippen molar-refractivity contribution in [3.63, 3.8) is 0 Å². The Morgan fingerprint density at radius 2 is 1.71 bits per heavy atom. The van der Waals surface area contributed by atoms with E-state index in [9.17, 15) is 0 Å². The second-order valence-electron chi connectivity index (χ2n) is 8.69. The van der Waals surface area contributed by atoms with Crippen molar-refractivity contribution in [2.75, 3.05) is 33.4 Å². The van der Waals surface area contributed by atoms with Crippen LogP contribution in [0.2, 0.25) is 10.0 Å². The van der Waals surface area contributed by atoms with E-state index in [1.54, 1.807) is 19.2 Å². The maximum Gasteiger partial charge on any atom is 0.121 e. The van der Waals surface area contributed by atoms with Gasteiger partial charge in [-0.05, 0) is 49.6 Å². The van der Waals surface area contributed by atoms with Gasteiger partial charge in [0.2, 0.25) is 0 Å². The smallest absolute Gasteiger partial charge is 0.121 e. The molecule has 0 radical (unpaired) electrons. The third kappa shape index (κ3) is 6.45. The van der Waals surface area contributed by atoms with Crippen LogP contribution in [0.5, 0.6) is 11.5 Å². The van der Waals surface area contributed by atoms with Crippen LogP contribution in [0.4, 0.5) is 0 Å². The lowest BCUT2D eigenvalue weighted by Gasteiger charge is -2.40. The van der Waals surface area contributed by atoms with Crippen LogP contribution in [-0.4, -0.2) is 53.5 Å². The van der Waals surface area contributed by atoms with Gasteiger partial charge >= 0.3 is 0 Å². The van der Waals surface area contributed by atoms with Gasteiger partial charge in [-0.25, -0.2) is 4.98 Å². The largest absolute Gasteiger partial charge is 0.492 e. The molecule has 0 saturated carbocycles. The molecule has 3 aromatic rings. The molecule has 1 aromatic heterocycles. The van der Waals surface area contributed by atoms with E-state index in [-0.39, 0.29) is 5.60 Å². The first kappa shape index (κ1) is 24.9. The van der Waals surface area contributed by atoms with E-state index in [2.05, 4.69) is 26.6 Å². The minimum atomic E-state index is -0.298. The number of rotatable bonds is 10. The molecule has 1 saturated heterocycles. The van der Waals surface area contributed by atoms with Crippen molar-refractivity contribution in [3.8, 4) is 11.5 Å². The van der Waals surface area contributed by atoms with Crippen molar-refractivity contribution in [3.05, 3.63) is 76.3 Å². The van der Waals surface area contributed by atoms with Crippen molar-refractivity contribution in [2.24, 2.45) is 0 Å². The van der Waals surface area contributed by atoms with Crippen molar-refractivity contribution in [2.45, 2.75) is 38.5 Å². The predicted octanol–water partition coefficient (Wildman–Crippen LogP) is 5.64. The Balaban J connectivity index is 1.22. The third-order valence-electron chi connectivity index (χ3n) is 6.45. The first-order valence-electron chi connectivity index (χ1n) is 11.5. The maximum absolute atomic E-state index is 6.10. The lowest BCUT2D eigenvalue weighted by molar-refractivity contribution is -0.0839. The van der Waals surface area contributed by atoms with Crippen molar-refractivity contribution < 1.29 is 14.2 Å². The molecule has 6 nitrogen and oxygen atoms in total. The quantitative estimate of drug-likeness (QED) is 0.358. The Hall–Kier alpha value is -2.25. The van der Waals surface area contributed by atoms with Crippen molar-refractivity contribution >= 4 is 23.2 Å². The second-order valence-corrected chi connectivity index (χ2v) is 9.50. The van der Waals surface area contributed by atoms with Crippen molar-refractivity contribution in [1.82, 2.24) is 14.5 Å². The molecule has 1 fully saturated rings. The summed E-state index contributed by atoms with van der Waals surface area (Å²) in [7, 11) is 1.76. The lowest BCUT2D eigenvalue weighted by atomic mass is 9.91. The van der Waals surface area contributed by atoms with Crippen LogP contribution in [0.3, 0.4) is 0 Å². The molecule has 0 atom stereocenters. The van der Waals surface area contributed by atoms with Gasteiger partial charge in [-0.15, -0.1) is 0 Å². The zero-order valence-electron chi connectivity index (χ0n) is 19.7. The van der Waals surface area contributed by atoms with Gasteiger partial charge in [-0.2, -0.15) is 0 Å². The summed E-state index contributed by atoms with van der Waals surface area (Å²) < 4.78 is 19.9. The molecule has 182 valence electrons. The number of imidazole rings is 1. The van der Waals surface area contributed by atoms with Crippen LogP contribution in [0.25, 0.3) is 0 Å². The lowest BCUT2D eigenvalue weighted by Crippen LogP contribution is -2.48. The molecule has 0 spiro atoms. The van der Waals surface area contributed by atoms with Crippen LogP contribution in [0.1, 0.15) is 24.2 Å². The summed E-state index contributed by atoms with van der Waals surface area (Å²) in [5.74, 6) is 2.59. The van der Waals surface area contributed by atoms with Crippen LogP contribution in [0, 0.1) is 6.92 Å². The molecule has 34 heavy (non-hydrogen) atoms. The van der Waals surface area contributed by atoms with E-state index in [1.165, 1.54) is 5.56 Å². The Morgan fingerprint density at radius 3 is 2.35 bits per heavy atom. The average molecular weight is 504 g/mol. The van der Waals surface area contributed by atoms with Crippen LogP contribution in [0.15, 0.2) is 54.9 Å². The number of hydrogen-bond acceptors (Lipinski definition) is 5. The highest BCUT2D eigenvalue weighted by Crippen LogP contribution is 2.30. The van der Waals surface area contributed by atoms with E-state index < -0.39 is 0 Å². The summed E-state index contributed by atoms with van der Waals surface area (Å²) in [6, 6.07) is 13.7. The normalized spacial score (nSPS) is 15.9. The van der Waals surface area contributed by atoms with Gasteiger partial charge in [0, 0.05) is 45.2 Å². The topological polar surface area (TPSA) is 48.8 Å². The Morgan fingerprint density at radius 1 is 0.971 bits per heavy atom. The fraction of sp³-hybridized carbons (Fsp3) is 0.423. The molecule has 0 amide bonds. The van der Waals surface area contributed by atoms with Gasteiger partial charge in [0.05, 0.1) is 16.6 Å². The molecule has 4 rings (SSSR count). The molecule has 2 aromatic carbocycles. The highest BCUT2D eigenvalue weighted by molar-refractivity contribution is 6.42. The number of piperidine rings is 1. The molecule has 0 unspecified atom stereocenters. The van der Waals surface area contributed by atoms with Gasteiger partial charge in [0.15, 0.2) is 0 Å². The molecule has 1 aliphatic heterocycles. The molecule has 2 heterocycles. The highest BCUT2D eigenvalue weighted by Gasteiger charge is 2.35. The molecule has 0 N–H and O–H groups in total. The number of nitrogens with zero attached hydrogens (tertiary/aromatic N) is 3. The maximum atomic E-state index is 6.10. The fourth-order valence-electron chi connectivity index (χ4n) is 4.16. The van der Waals surface area contributed by atoms with E-state index >= 15 is 0 Å². The fourth-order valence-corrected chi connectivity index (χ4v) is 4.45. The molecule has 0 aliphatic carbocycles. The van der Waals surface area contributed by atoms with Gasteiger partial charge in [-0.1, -0.05) is 35.3 Å². The zero-order chi connectivity index (χ0) is 24.0. The predicted molar refractivity (Wildman–Crippen MR) is 135 cm³/mol. The minimum absolute atomic E-state index is 0.298. The van der Waals surface area contributed by atoms with Crippen molar-refractivity contribution in [1.29, 1.82) is 0 Å². The van der Waals surface area contributed by atoms with E-state index in [0.29, 0.717) is 29.0 Å². The molecule has 0 bridgehead atoms. The summed E-state index contributed by atoms with van der Waals surface area (Å²) >= 11 is 12.1. The summed E-state index contributed by atoms with van der Waals surface area (Å²) in [4.78, 5) is 6.69. The molecular weight excluding hydrogens is 473 g/mol. The number of likely N-dealkylation sites (tertiary alicyclic amines) is 1. The van der Waals surface area contributed by atoms with Gasteiger partial charge in [0.1, 0.15) is 36.1 Å². The van der Waals surface area contributed by atoms with Gasteiger partial charge in [0.25, 0.3) is 0 Å². The highest BCUT2D eigenvalue weighted by atomic mass is 35.5. The number of methoxy groups -OCH3 is 1. The average Bonchev–Trinajstić information content (AvgIpc) is 3.26. The SMILES string of the molecule is COC1(COc2ccc(Cl)c(Cl)c2)CCN(Cc2ccc(OCCn3ccnc3C)cc2)CC1. The van der Waals surface area contributed by atoms with E-state index in [1.807, 2.05) is 37.5 Å². The van der Waals surface area contributed by atoms with E-state index in [0.717, 1.165) is 50.6 Å². The number of ether oxygens (including phenoxy) is 3. The second kappa shape index (κ2) is 11.5. The van der Waals surface area contributed by atoms with Gasteiger partial charge < -0.3 is 18.8 Å². The Labute approximate surface area is 211 Å². The number of aryl methyl sites for hydroxylation is 1. The van der Waals surface area contributed by atoms with Crippen LogP contribution in [-0.2, 0) is 17.8 Å². The molecular formula is C26H31Cl2N3O3. The first-order valence-corrected chi connectivity index (χ1v) is 12.3. The number of benzene rings is 2. The number of hydrogen-bond donors (Lipinski definition) is 0.